The van der Waals surface area contributed by atoms with Crippen molar-refractivity contribution in [1.29, 1.82) is 0 Å². The van der Waals surface area contributed by atoms with Crippen molar-refractivity contribution in [1.82, 2.24) is 29.4 Å². The first kappa shape index (κ1) is 19.5. The minimum atomic E-state index is -4.72. The van der Waals surface area contributed by atoms with E-state index in [1.807, 2.05) is 6.92 Å². The van der Waals surface area contributed by atoms with E-state index < -0.39 is 40.7 Å². The van der Waals surface area contributed by atoms with Crippen molar-refractivity contribution in [3.63, 3.8) is 0 Å². The Morgan fingerprint density at radius 3 is 2.59 bits per heavy atom. The van der Waals surface area contributed by atoms with Gasteiger partial charge in [0.05, 0.1) is 22.8 Å². The lowest BCUT2D eigenvalue weighted by Gasteiger charge is -2.35. The third-order valence-corrected chi connectivity index (χ3v) is 6.96. The van der Waals surface area contributed by atoms with Gasteiger partial charge in [-0.15, -0.1) is 0 Å². The van der Waals surface area contributed by atoms with Crippen molar-refractivity contribution in [2.45, 2.75) is 57.5 Å². The number of H-pyrrole nitrogens is 1. The van der Waals surface area contributed by atoms with Crippen LogP contribution in [0.3, 0.4) is 0 Å². The molecule has 1 aromatic carbocycles. The minimum Gasteiger partial charge on any atom is -0.493 e. The highest BCUT2D eigenvalue weighted by molar-refractivity contribution is 7.89. The molecule has 0 aliphatic carbocycles. The fourth-order valence-corrected chi connectivity index (χ4v) is 5.31. The summed E-state index contributed by atoms with van der Waals surface area (Å²) in [4.78, 5) is 20.0. The molecule has 4 rings (SSSR count). The maximum absolute atomic E-state index is 13.9. The first-order valence-corrected chi connectivity index (χ1v) is 12.7. The van der Waals surface area contributed by atoms with Crippen molar-refractivity contribution in [2.75, 3.05) is 19.6 Å². The van der Waals surface area contributed by atoms with Crippen molar-refractivity contribution >= 4 is 21.1 Å². The van der Waals surface area contributed by atoms with E-state index in [4.69, 9.17) is 10.2 Å². The Labute approximate surface area is 205 Å². The molecule has 3 heterocycles. The number of aromatic nitrogens is 4. The van der Waals surface area contributed by atoms with Gasteiger partial charge in [0.1, 0.15) is 17.1 Å². The third kappa shape index (κ3) is 4.47. The number of hydrogen-bond acceptors (Lipinski definition) is 7. The summed E-state index contributed by atoms with van der Waals surface area (Å²) in [7, 11) is -3.07. The van der Waals surface area contributed by atoms with Gasteiger partial charge >= 0.3 is 0 Å². The maximum atomic E-state index is 13.9. The standard InChI is InChI=1S/C23H32N6O4S/c1-6-8-18-20-21(28(5)27-18)23(30)26-22(25-20)17-11-16(9-10-19(17)33-7-2)34(31,32)29-12-14(3)24-15(4)13-29/h9-11,14-15,24H,6-8,12-13H2,1-5H3,(H,25,26,30)/t14-,15+/i12D2,13D2. The number of rotatable bonds is 7. The number of aromatic amines is 1. The van der Waals surface area contributed by atoms with Crippen molar-refractivity contribution in [3.8, 4) is 17.1 Å². The molecule has 184 valence electrons. The molecule has 1 saturated heterocycles. The van der Waals surface area contributed by atoms with Gasteiger partial charge in [0.25, 0.3) is 5.56 Å². The molecule has 0 unspecified atom stereocenters. The molecular weight excluding hydrogens is 456 g/mol. The molecule has 0 spiro atoms. The van der Waals surface area contributed by atoms with Crippen LogP contribution in [-0.2, 0) is 23.5 Å². The Morgan fingerprint density at radius 1 is 1.24 bits per heavy atom. The van der Waals surface area contributed by atoms with E-state index in [1.54, 1.807) is 14.0 Å². The molecule has 11 heteroatoms. The molecule has 1 aliphatic heterocycles. The van der Waals surface area contributed by atoms with Gasteiger partial charge in [-0.05, 0) is 45.4 Å². The van der Waals surface area contributed by atoms with Gasteiger partial charge in [0.15, 0.2) is 5.52 Å². The van der Waals surface area contributed by atoms with E-state index in [1.165, 1.54) is 36.7 Å². The van der Waals surface area contributed by atoms with Crippen molar-refractivity contribution in [2.24, 2.45) is 7.05 Å². The van der Waals surface area contributed by atoms with Gasteiger partial charge in [-0.2, -0.15) is 9.40 Å². The number of hydrogen-bond donors (Lipinski definition) is 2. The lowest BCUT2D eigenvalue weighted by atomic mass is 10.1. The van der Waals surface area contributed by atoms with E-state index in [0.29, 0.717) is 17.6 Å². The van der Waals surface area contributed by atoms with Crippen LogP contribution in [0.5, 0.6) is 5.75 Å². The van der Waals surface area contributed by atoms with Crippen molar-refractivity contribution in [3.05, 3.63) is 34.2 Å². The molecular formula is C23H32N6O4S. The number of ether oxygens (including phenoxy) is 1. The Balaban J connectivity index is 1.94. The lowest BCUT2D eigenvalue weighted by molar-refractivity contribution is 0.263. The number of nitrogens with zero attached hydrogens (tertiary/aromatic N) is 4. The van der Waals surface area contributed by atoms with E-state index in [0.717, 1.165) is 6.42 Å². The number of nitrogens with one attached hydrogen (secondary N) is 2. The van der Waals surface area contributed by atoms with Gasteiger partial charge < -0.3 is 15.0 Å². The fraction of sp³-hybridized carbons (Fsp3) is 0.522. The first-order valence-electron chi connectivity index (χ1n) is 13.2. The Bertz CT molecular complexity index is 1520. The van der Waals surface area contributed by atoms with Crippen molar-refractivity contribution < 1.29 is 18.6 Å². The van der Waals surface area contributed by atoms with Crippen LogP contribution in [0, 0.1) is 0 Å². The van der Waals surface area contributed by atoms with Gasteiger partial charge in [0, 0.05) is 37.6 Å². The smallest absolute Gasteiger partial charge is 0.277 e. The summed E-state index contributed by atoms with van der Waals surface area (Å²) in [5.41, 5.74) is 1.00. The van der Waals surface area contributed by atoms with Crippen LogP contribution in [-0.4, -0.2) is 64.2 Å². The quantitative estimate of drug-likeness (QED) is 0.517. The largest absolute Gasteiger partial charge is 0.493 e. The molecule has 3 aromatic rings. The summed E-state index contributed by atoms with van der Waals surface area (Å²) in [6.07, 6.45) is 1.36. The van der Waals surface area contributed by atoms with Crippen LogP contribution in [0.25, 0.3) is 22.4 Å². The zero-order chi connectivity index (χ0) is 28.2. The molecule has 0 amide bonds. The third-order valence-electron chi connectivity index (χ3n) is 5.42. The highest BCUT2D eigenvalue weighted by Gasteiger charge is 2.32. The van der Waals surface area contributed by atoms with Crippen LogP contribution in [0.15, 0.2) is 27.9 Å². The predicted molar refractivity (Wildman–Crippen MR) is 131 cm³/mol. The number of aryl methyl sites for hydroxylation is 2. The highest BCUT2D eigenvalue weighted by atomic mass is 32.2. The van der Waals surface area contributed by atoms with Crippen LogP contribution >= 0.6 is 0 Å². The molecule has 0 radical (unpaired) electrons. The topological polar surface area (TPSA) is 122 Å². The zero-order valence-corrected chi connectivity index (χ0v) is 20.7. The van der Waals surface area contributed by atoms with Crippen LogP contribution in [0.4, 0.5) is 0 Å². The Hall–Kier alpha value is -2.76. The Kier molecular flexibility index (Phi) is 5.44. The summed E-state index contributed by atoms with van der Waals surface area (Å²) in [6.45, 7) is 1.74. The van der Waals surface area contributed by atoms with Gasteiger partial charge in [-0.1, -0.05) is 13.3 Å². The van der Waals surface area contributed by atoms with E-state index in [-0.39, 0.29) is 38.5 Å². The molecule has 2 N–H and O–H groups in total. The number of sulfonamides is 1. The van der Waals surface area contributed by atoms with E-state index in [2.05, 4.69) is 20.4 Å². The molecule has 2 atom stereocenters. The molecule has 34 heavy (non-hydrogen) atoms. The van der Waals surface area contributed by atoms with Crippen LogP contribution in [0.1, 0.15) is 45.3 Å². The maximum Gasteiger partial charge on any atom is 0.277 e. The zero-order valence-electron chi connectivity index (χ0n) is 23.8. The summed E-state index contributed by atoms with van der Waals surface area (Å²) in [6, 6.07) is 1.88. The number of piperazine rings is 1. The fourth-order valence-electron chi connectivity index (χ4n) is 4.00. The number of fused-ring (bicyclic) bond motifs is 1. The second-order valence-electron chi connectivity index (χ2n) is 8.16. The Morgan fingerprint density at radius 2 is 1.94 bits per heavy atom. The molecule has 1 fully saturated rings. The molecule has 0 saturated carbocycles. The summed E-state index contributed by atoms with van der Waals surface area (Å²) in [5.74, 6) is 0.310. The first-order chi connectivity index (χ1) is 17.7. The van der Waals surface area contributed by atoms with Gasteiger partial charge in [-0.25, -0.2) is 13.4 Å². The number of benzene rings is 1. The summed E-state index contributed by atoms with van der Waals surface area (Å²) in [5, 5.41) is 7.19. The average Bonchev–Trinajstić information content (AvgIpc) is 3.13. The second-order valence-corrected chi connectivity index (χ2v) is 9.95. The van der Waals surface area contributed by atoms with E-state index in [9.17, 15) is 13.2 Å². The normalized spacial score (nSPS) is 24.3. The van der Waals surface area contributed by atoms with Crippen LogP contribution < -0.4 is 15.6 Å². The highest BCUT2D eigenvalue weighted by Crippen LogP contribution is 2.32. The summed E-state index contributed by atoms with van der Waals surface area (Å²) < 4.78 is 69.0. The minimum absolute atomic E-state index is 0.0569. The molecule has 10 nitrogen and oxygen atoms in total. The molecule has 1 aliphatic rings. The van der Waals surface area contributed by atoms with Gasteiger partial charge in [0.2, 0.25) is 10.0 Å². The second kappa shape index (κ2) is 9.47. The molecule has 2 aromatic heterocycles. The van der Waals surface area contributed by atoms with Crippen LogP contribution in [0.2, 0.25) is 0 Å². The summed E-state index contributed by atoms with van der Waals surface area (Å²) >= 11 is 0. The SMILES string of the molecule is [2H]C1([2H])[C@H](C)N[C@H](C)C([2H])([2H])N1S(=O)(=O)c1ccc(OCC)c(-c2nc3c(CCC)nn(C)c3c(=O)[nH]2)c1. The van der Waals surface area contributed by atoms with Gasteiger partial charge in [-0.3, -0.25) is 9.48 Å². The van der Waals surface area contributed by atoms with E-state index >= 15 is 0 Å². The monoisotopic (exact) mass is 492 g/mol. The predicted octanol–water partition coefficient (Wildman–Crippen LogP) is 2.05. The lowest BCUT2D eigenvalue weighted by Crippen LogP contribution is -2.55. The average molecular weight is 493 g/mol. The molecule has 0 bridgehead atoms.